The average molecular weight is 579 g/mol. The second-order valence-corrected chi connectivity index (χ2v) is 9.45. The quantitative estimate of drug-likeness (QED) is 0.0521. The first kappa shape index (κ1) is 30.4. The van der Waals surface area contributed by atoms with Crippen LogP contribution in [0.15, 0.2) is 85.5 Å². The summed E-state index contributed by atoms with van der Waals surface area (Å²) in [5, 5.41) is 0. The molecule has 8 heteroatoms. The molecule has 4 rings (SSSR count). The normalized spacial score (nSPS) is 10.8. The second-order valence-electron chi connectivity index (χ2n) is 9.45. The van der Waals surface area contributed by atoms with Crippen molar-refractivity contribution in [3.05, 3.63) is 114 Å². The predicted octanol–water partition coefficient (Wildman–Crippen LogP) is 9.32. The third-order valence-corrected chi connectivity index (χ3v) is 6.47. The largest absolute Gasteiger partial charge is 0.494 e. The number of allylic oxidation sites excluding steroid dienone is 1. The molecule has 218 valence electrons. The average Bonchev–Trinajstić information content (AvgIpc) is 3.00. The minimum absolute atomic E-state index is 0.000740. The summed E-state index contributed by atoms with van der Waals surface area (Å²) >= 11 is 0. The van der Waals surface area contributed by atoms with Crippen molar-refractivity contribution in [2.24, 2.45) is 0 Å². The molecule has 4 aromatic carbocycles. The van der Waals surface area contributed by atoms with Gasteiger partial charge >= 0.3 is 5.97 Å². The Hall–Kier alpha value is -4.59. The van der Waals surface area contributed by atoms with Crippen molar-refractivity contribution in [1.29, 1.82) is 0 Å². The lowest BCUT2D eigenvalue weighted by Gasteiger charge is -2.11. The van der Waals surface area contributed by atoms with Gasteiger partial charge < -0.3 is 14.2 Å². The van der Waals surface area contributed by atoms with Gasteiger partial charge in [0.2, 0.25) is 11.6 Å². The van der Waals surface area contributed by atoms with E-state index >= 15 is 0 Å². The molecule has 0 radical (unpaired) electrons. The van der Waals surface area contributed by atoms with E-state index in [1.165, 1.54) is 48.5 Å². The van der Waals surface area contributed by atoms with E-state index in [0.717, 1.165) is 12.8 Å². The Morgan fingerprint density at radius 2 is 1.24 bits per heavy atom. The number of unbranched alkanes of at least 4 members (excludes halogenated alkanes) is 2. The van der Waals surface area contributed by atoms with Crippen LogP contribution in [0.4, 0.5) is 17.6 Å². The molecule has 0 aliphatic carbocycles. The molecule has 4 aromatic rings. The van der Waals surface area contributed by atoms with Crippen LogP contribution in [0.2, 0.25) is 0 Å². The van der Waals surface area contributed by atoms with Crippen LogP contribution in [0.3, 0.4) is 0 Å². The van der Waals surface area contributed by atoms with E-state index in [0.29, 0.717) is 36.3 Å². The molecular weight excluding hydrogens is 548 g/mol. The first-order chi connectivity index (χ1) is 20.3. The van der Waals surface area contributed by atoms with E-state index in [1.807, 2.05) is 0 Å². The smallest absolute Gasteiger partial charge is 0.343 e. The van der Waals surface area contributed by atoms with Gasteiger partial charge in [-0.25, -0.2) is 13.6 Å². The van der Waals surface area contributed by atoms with Crippen molar-refractivity contribution in [1.82, 2.24) is 0 Å². The Kier molecular flexibility index (Phi) is 10.4. The molecule has 0 bridgehead atoms. The number of halogens is 4. The predicted molar refractivity (Wildman–Crippen MR) is 154 cm³/mol. The molecule has 0 aliphatic heterocycles. The van der Waals surface area contributed by atoms with Crippen LogP contribution in [0, 0.1) is 23.3 Å². The fourth-order valence-electron chi connectivity index (χ4n) is 4.12. The zero-order valence-corrected chi connectivity index (χ0v) is 23.1. The summed E-state index contributed by atoms with van der Waals surface area (Å²) < 4.78 is 75.0. The van der Waals surface area contributed by atoms with Crippen molar-refractivity contribution in [2.45, 2.75) is 32.6 Å². The summed E-state index contributed by atoms with van der Waals surface area (Å²) in [5.74, 6) is -5.80. The Morgan fingerprint density at radius 1 is 0.690 bits per heavy atom. The molecule has 4 nitrogen and oxygen atoms in total. The highest BCUT2D eigenvalue weighted by atomic mass is 19.2. The summed E-state index contributed by atoms with van der Waals surface area (Å²) in [6.45, 7) is 6.43. The maximum Gasteiger partial charge on any atom is 0.343 e. The number of carbonyl (C=O) groups is 1. The van der Waals surface area contributed by atoms with Gasteiger partial charge in [-0.05, 0) is 78.9 Å². The number of hydrogen-bond acceptors (Lipinski definition) is 4. The van der Waals surface area contributed by atoms with Crippen molar-refractivity contribution in [2.75, 3.05) is 13.2 Å². The zero-order chi connectivity index (χ0) is 30.1. The van der Waals surface area contributed by atoms with Crippen molar-refractivity contribution in [3.63, 3.8) is 0 Å². The highest BCUT2D eigenvalue weighted by Gasteiger charge is 2.20. The van der Waals surface area contributed by atoms with Crippen LogP contribution in [-0.2, 0) is 0 Å². The van der Waals surface area contributed by atoms with E-state index in [-0.39, 0.29) is 29.0 Å². The van der Waals surface area contributed by atoms with Gasteiger partial charge in [0.05, 0.1) is 18.8 Å². The van der Waals surface area contributed by atoms with Gasteiger partial charge in [0.25, 0.3) is 0 Å². The fraction of sp³-hybridized carbons (Fsp3) is 0.206. The highest BCUT2D eigenvalue weighted by molar-refractivity contribution is 5.91. The monoisotopic (exact) mass is 578 g/mol. The SMILES string of the molecule is C=CCCCOc1ccc(-c2ccc(C(=O)Oc3ccc(-c4ccc(OCCCC)cc4)c(F)c3F)cc2)c(F)c1F. The van der Waals surface area contributed by atoms with Crippen molar-refractivity contribution < 1.29 is 36.6 Å². The third-order valence-electron chi connectivity index (χ3n) is 6.47. The lowest BCUT2D eigenvalue weighted by atomic mass is 10.0. The number of esters is 1. The zero-order valence-electron chi connectivity index (χ0n) is 23.1. The summed E-state index contributed by atoms with van der Waals surface area (Å²) in [6.07, 6.45) is 4.92. The molecule has 0 atom stereocenters. The van der Waals surface area contributed by atoms with E-state index in [9.17, 15) is 22.4 Å². The Balaban J connectivity index is 1.44. The molecule has 0 amide bonds. The molecule has 0 aromatic heterocycles. The highest BCUT2D eigenvalue weighted by Crippen LogP contribution is 2.33. The minimum atomic E-state index is -1.31. The molecule has 0 saturated carbocycles. The molecule has 0 spiro atoms. The van der Waals surface area contributed by atoms with Crippen LogP contribution in [0.25, 0.3) is 22.3 Å². The molecule has 0 heterocycles. The molecule has 0 saturated heterocycles. The minimum Gasteiger partial charge on any atom is -0.494 e. The Morgan fingerprint density at radius 3 is 1.83 bits per heavy atom. The summed E-state index contributed by atoms with van der Waals surface area (Å²) in [6, 6.07) is 17.2. The van der Waals surface area contributed by atoms with Crippen LogP contribution < -0.4 is 14.2 Å². The molecule has 0 fully saturated rings. The first-order valence-electron chi connectivity index (χ1n) is 13.6. The fourth-order valence-corrected chi connectivity index (χ4v) is 4.12. The van der Waals surface area contributed by atoms with Crippen LogP contribution in [0.1, 0.15) is 43.0 Å². The van der Waals surface area contributed by atoms with Crippen molar-refractivity contribution >= 4 is 5.97 Å². The lowest BCUT2D eigenvalue weighted by Crippen LogP contribution is -2.10. The number of hydrogen-bond donors (Lipinski definition) is 0. The lowest BCUT2D eigenvalue weighted by molar-refractivity contribution is 0.0726. The second kappa shape index (κ2) is 14.3. The molecule has 42 heavy (non-hydrogen) atoms. The molecule has 0 unspecified atom stereocenters. The van der Waals surface area contributed by atoms with E-state index in [2.05, 4.69) is 13.5 Å². The van der Waals surface area contributed by atoms with Gasteiger partial charge in [-0.15, -0.1) is 6.58 Å². The topological polar surface area (TPSA) is 44.8 Å². The summed E-state index contributed by atoms with van der Waals surface area (Å²) in [7, 11) is 0. The van der Waals surface area contributed by atoms with Crippen LogP contribution in [0.5, 0.6) is 17.2 Å². The van der Waals surface area contributed by atoms with Gasteiger partial charge in [0, 0.05) is 11.1 Å². The van der Waals surface area contributed by atoms with Crippen LogP contribution >= 0.6 is 0 Å². The number of carbonyl (C=O) groups excluding carboxylic acids is 1. The van der Waals surface area contributed by atoms with Gasteiger partial charge in [-0.3, -0.25) is 0 Å². The van der Waals surface area contributed by atoms with Gasteiger partial charge in [0.15, 0.2) is 23.1 Å². The molecule has 0 aliphatic rings. The maximum atomic E-state index is 14.9. The molecular formula is C34H30F4O4. The number of rotatable bonds is 13. The summed E-state index contributed by atoms with van der Waals surface area (Å²) in [4.78, 5) is 12.7. The van der Waals surface area contributed by atoms with Gasteiger partial charge in [0.1, 0.15) is 5.75 Å². The standard InChI is InChI=1S/C34H30F4O4/c1-3-5-7-21-41-28-18-16-26(30(35)32(28)37)22-8-10-24(11-9-22)34(39)42-29-19-17-27(31(36)33(29)38)23-12-14-25(15-13-23)40-20-6-4-2/h3,8-19H,1,4-7,20-21H2,2H3. The van der Waals surface area contributed by atoms with Gasteiger partial charge in [-0.2, -0.15) is 8.78 Å². The maximum absolute atomic E-state index is 14.9. The van der Waals surface area contributed by atoms with E-state index < -0.39 is 35.0 Å². The molecule has 0 N–H and O–H groups in total. The summed E-state index contributed by atoms with van der Waals surface area (Å²) in [5.41, 5.74) is 0.696. The Labute approximate surface area is 242 Å². The van der Waals surface area contributed by atoms with E-state index in [4.69, 9.17) is 14.2 Å². The number of ether oxygens (including phenoxy) is 3. The van der Waals surface area contributed by atoms with Crippen LogP contribution in [-0.4, -0.2) is 19.2 Å². The van der Waals surface area contributed by atoms with Crippen molar-refractivity contribution in [3.8, 4) is 39.5 Å². The van der Waals surface area contributed by atoms with Gasteiger partial charge in [-0.1, -0.05) is 43.7 Å². The number of benzene rings is 4. The first-order valence-corrected chi connectivity index (χ1v) is 13.6. The van der Waals surface area contributed by atoms with E-state index in [1.54, 1.807) is 30.3 Å². The Bertz CT molecular complexity index is 1530. The third kappa shape index (κ3) is 7.18.